The lowest BCUT2D eigenvalue weighted by molar-refractivity contribution is -0.122. The monoisotopic (exact) mass is 310 g/mol. The molecule has 5 heteroatoms. The number of hydrogen-bond donors (Lipinski definition) is 1. The maximum Gasteiger partial charge on any atom is 0.234 e. The molecule has 3 nitrogen and oxygen atoms in total. The first-order valence-electron chi connectivity index (χ1n) is 6.73. The number of nitrogens with one attached hydrogen (secondary N) is 1. The molecule has 0 saturated heterocycles. The molecule has 0 unspecified atom stereocenters. The lowest BCUT2D eigenvalue weighted by Crippen LogP contribution is -2.35. The van der Waals surface area contributed by atoms with Crippen molar-refractivity contribution in [3.63, 3.8) is 0 Å². The van der Waals surface area contributed by atoms with Crippen LogP contribution in [0.1, 0.15) is 18.2 Å². The highest BCUT2D eigenvalue weighted by Gasteiger charge is 2.13. The quantitative estimate of drug-likeness (QED) is 0.885. The van der Waals surface area contributed by atoms with Crippen LogP contribution in [0.2, 0.25) is 5.02 Å². The third-order valence-corrected chi connectivity index (χ3v) is 4.70. The van der Waals surface area contributed by atoms with E-state index in [1.165, 1.54) is 4.70 Å². The molecule has 0 bridgehead atoms. The zero-order valence-electron chi connectivity index (χ0n) is 11.8. The first-order valence-corrected chi connectivity index (χ1v) is 7.92. The Hall–Kier alpha value is -1.10. The van der Waals surface area contributed by atoms with Gasteiger partial charge in [-0.15, -0.1) is 11.3 Å². The van der Waals surface area contributed by atoms with Crippen LogP contribution in [-0.4, -0.2) is 30.9 Å². The van der Waals surface area contributed by atoms with Gasteiger partial charge in [0.2, 0.25) is 5.91 Å². The van der Waals surface area contributed by atoms with Crippen molar-refractivity contribution in [2.24, 2.45) is 0 Å². The van der Waals surface area contributed by atoms with Gasteiger partial charge in [0, 0.05) is 28.1 Å². The number of amides is 1. The van der Waals surface area contributed by atoms with Crippen molar-refractivity contribution in [3.8, 4) is 0 Å². The summed E-state index contributed by atoms with van der Waals surface area (Å²) in [6.45, 7) is 3.86. The van der Waals surface area contributed by atoms with E-state index in [4.69, 9.17) is 11.6 Å². The van der Waals surface area contributed by atoms with E-state index in [-0.39, 0.29) is 5.91 Å². The van der Waals surface area contributed by atoms with Crippen LogP contribution in [0.5, 0.6) is 0 Å². The number of benzene rings is 1. The standard InChI is InChI=1S/C15H19ClN2OS/c1-3-8-17-14(19)10-18(2)9-13-15(16)11-6-4-5-7-12(11)20-13/h4-7H,3,8-10H2,1-2H3,(H,17,19). The summed E-state index contributed by atoms with van der Waals surface area (Å²) in [5.41, 5.74) is 0. The first kappa shape index (κ1) is 15.3. The highest BCUT2D eigenvalue weighted by molar-refractivity contribution is 7.19. The van der Waals surface area contributed by atoms with Gasteiger partial charge in [-0.05, 0) is 19.5 Å². The highest BCUT2D eigenvalue weighted by atomic mass is 35.5. The van der Waals surface area contributed by atoms with Crippen LogP contribution >= 0.6 is 22.9 Å². The Morgan fingerprint density at radius 3 is 2.85 bits per heavy atom. The van der Waals surface area contributed by atoms with Crippen molar-refractivity contribution in [1.29, 1.82) is 0 Å². The molecule has 1 amide bonds. The van der Waals surface area contributed by atoms with Crippen LogP contribution in [0.15, 0.2) is 24.3 Å². The molecule has 1 aromatic heterocycles. The van der Waals surface area contributed by atoms with Gasteiger partial charge in [-0.2, -0.15) is 0 Å². The summed E-state index contributed by atoms with van der Waals surface area (Å²) in [5, 5.41) is 4.79. The SMILES string of the molecule is CCCNC(=O)CN(C)Cc1sc2ccccc2c1Cl. The number of likely N-dealkylation sites (N-methyl/N-ethyl adjacent to an activating group) is 1. The molecule has 0 aliphatic rings. The summed E-state index contributed by atoms with van der Waals surface area (Å²) in [7, 11) is 1.94. The van der Waals surface area contributed by atoms with Crippen molar-refractivity contribution >= 4 is 38.9 Å². The molecule has 1 heterocycles. The molecule has 0 aliphatic carbocycles. The van der Waals surface area contributed by atoms with E-state index in [2.05, 4.69) is 11.4 Å². The van der Waals surface area contributed by atoms with E-state index in [0.29, 0.717) is 13.1 Å². The molecule has 0 atom stereocenters. The van der Waals surface area contributed by atoms with Crippen molar-refractivity contribution in [2.75, 3.05) is 20.1 Å². The fraction of sp³-hybridized carbons (Fsp3) is 0.400. The van der Waals surface area contributed by atoms with Gasteiger partial charge in [-0.3, -0.25) is 9.69 Å². The average molecular weight is 311 g/mol. The number of rotatable bonds is 6. The first-order chi connectivity index (χ1) is 9.61. The second-order valence-corrected chi connectivity index (χ2v) is 6.37. The van der Waals surface area contributed by atoms with Crippen LogP contribution in [-0.2, 0) is 11.3 Å². The van der Waals surface area contributed by atoms with Crippen LogP contribution in [0.25, 0.3) is 10.1 Å². The van der Waals surface area contributed by atoms with Crippen LogP contribution < -0.4 is 5.32 Å². The van der Waals surface area contributed by atoms with Gasteiger partial charge in [-0.25, -0.2) is 0 Å². The second kappa shape index (κ2) is 7.07. The number of nitrogens with zero attached hydrogens (tertiary/aromatic N) is 1. The van der Waals surface area contributed by atoms with Crippen molar-refractivity contribution in [2.45, 2.75) is 19.9 Å². The predicted molar refractivity (Wildman–Crippen MR) is 86.5 cm³/mol. The number of hydrogen-bond acceptors (Lipinski definition) is 3. The Labute approximate surface area is 128 Å². The predicted octanol–water partition coefficient (Wildman–Crippen LogP) is 3.51. The summed E-state index contributed by atoms with van der Waals surface area (Å²) in [5.74, 6) is 0.0617. The largest absolute Gasteiger partial charge is 0.355 e. The van der Waals surface area contributed by atoms with Crippen LogP contribution in [0.4, 0.5) is 0 Å². The number of carbonyl (C=O) groups is 1. The molecule has 2 rings (SSSR count). The van der Waals surface area contributed by atoms with Crippen LogP contribution in [0.3, 0.4) is 0 Å². The summed E-state index contributed by atoms with van der Waals surface area (Å²) >= 11 is 8.10. The van der Waals surface area contributed by atoms with Gasteiger partial charge in [0.15, 0.2) is 0 Å². The van der Waals surface area contributed by atoms with E-state index in [0.717, 1.165) is 28.3 Å². The number of fused-ring (bicyclic) bond motifs is 1. The summed E-state index contributed by atoms with van der Waals surface area (Å²) in [6.07, 6.45) is 0.956. The normalized spacial score (nSPS) is 11.2. The minimum Gasteiger partial charge on any atom is -0.355 e. The van der Waals surface area contributed by atoms with Crippen molar-refractivity contribution in [3.05, 3.63) is 34.2 Å². The molecule has 2 aromatic rings. The zero-order valence-corrected chi connectivity index (χ0v) is 13.4. The topological polar surface area (TPSA) is 32.3 Å². The van der Waals surface area contributed by atoms with Crippen molar-refractivity contribution in [1.82, 2.24) is 10.2 Å². The third-order valence-electron chi connectivity index (χ3n) is 3.00. The van der Waals surface area contributed by atoms with Gasteiger partial charge in [0.05, 0.1) is 11.6 Å². The van der Waals surface area contributed by atoms with E-state index >= 15 is 0 Å². The van der Waals surface area contributed by atoms with Crippen LogP contribution in [0, 0.1) is 0 Å². The Bertz CT molecular complexity index is 597. The number of thiophene rings is 1. The molecular weight excluding hydrogens is 292 g/mol. The molecule has 0 fully saturated rings. The highest BCUT2D eigenvalue weighted by Crippen LogP contribution is 2.35. The van der Waals surface area contributed by atoms with Gasteiger partial charge < -0.3 is 5.32 Å². The molecule has 1 N–H and O–H groups in total. The summed E-state index contributed by atoms with van der Waals surface area (Å²) < 4.78 is 1.19. The maximum absolute atomic E-state index is 11.7. The lowest BCUT2D eigenvalue weighted by atomic mass is 10.2. The fourth-order valence-corrected chi connectivity index (χ4v) is 3.61. The van der Waals surface area contributed by atoms with Gasteiger partial charge in [0.1, 0.15) is 0 Å². The lowest BCUT2D eigenvalue weighted by Gasteiger charge is -2.15. The van der Waals surface area contributed by atoms with Crippen molar-refractivity contribution < 1.29 is 4.79 Å². The molecule has 108 valence electrons. The molecule has 1 aromatic carbocycles. The Balaban J connectivity index is 2.01. The minimum absolute atomic E-state index is 0.0617. The van der Waals surface area contributed by atoms with Gasteiger partial charge in [0.25, 0.3) is 0 Å². The van der Waals surface area contributed by atoms with E-state index in [1.54, 1.807) is 11.3 Å². The molecule has 20 heavy (non-hydrogen) atoms. The minimum atomic E-state index is 0.0617. The summed E-state index contributed by atoms with van der Waals surface area (Å²) in [4.78, 5) is 14.8. The van der Waals surface area contributed by atoms with Gasteiger partial charge >= 0.3 is 0 Å². The summed E-state index contributed by atoms with van der Waals surface area (Å²) in [6, 6.07) is 8.11. The van der Waals surface area contributed by atoms with E-state index in [9.17, 15) is 4.79 Å². The zero-order chi connectivity index (χ0) is 14.5. The Kier molecular flexibility index (Phi) is 5.40. The Morgan fingerprint density at radius 2 is 2.15 bits per heavy atom. The molecule has 0 saturated carbocycles. The fourth-order valence-electron chi connectivity index (χ4n) is 2.03. The smallest absolute Gasteiger partial charge is 0.234 e. The number of halogens is 1. The average Bonchev–Trinajstić information content (AvgIpc) is 2.73. The molecule has 0 spiro atoms. The second-order valence-electron chi connectivity index (χ2n) is 4.86. The van der Waals surface area contributed by atoms with Gasteiger partial charge in [-0.1, -0.05) is 36.7 Å². The number of carbonyl (C=O) groups excluding carboxylic acids is 1. The van der Waals surface area contributed by atoms with E-state index in [1.807, 2.05) is 37.1 Å². The molecular formula is C15H19ClN2OS. The van der Waals surface area contributed by atoms with E-state index < -0.39 is 0 Å². The maximum atomic E-state index is 11.7. The molecule has 0 aliphatic heterocycles. The third kappa shape index (κ3) is 3.72. The Morgan fingerprint density at radius 1 is 1.40 bits per heavy atom. The molecule has 0 radical (unpaired) electrons.